The van der Waals surface area contributed by atoms with E-state index in [9.17, 15) is 29.2 Å². The Labute approximate surface area is 332 Å². The van der Waals surface area contributed by atoms with Crippen LogP contribution in [0.4, 0.5) is 15.8 Å². The number of H-pyrrole nitrogens is 1. The number of hydrogen-bond donors (Lipinski definition) is 3. The second kappa shape index (κ2) is 14.6. The van der Waals surface area contributed by atoms with Crippen LogP contribution in [0.1, 0.15) is 86.3 Å². The van der Waals surface area contributed by atoms with Crippen molar-refractivity contribution in [3.05, 3.63) is 92.9 Å². The van der Waals surface area contributed by atoms with Crippen molar-refractivity contribution >= 4 is 63.4 Å². The lowest BCUT2D eigenvalue weighted by atomic mass is 9.95. The fraction of sp³-hybridized carbons (Fsp3) is 0.381. The van der Waals surface area contributed by atoms with Gasteiger partial charge < -0.3 is 20.1 Å². The molecular formula is C42H40ClFN8O5. The van der Waals surface area contributed by atoms with Crippen molar-refractivity contribution in [2.24, 2.45) is 5.92 Å². The van der Waals surface area contributed by atoms with Crippen molar-refractivity contribution in [2.75, 3.05) is 42.5 Å². The molecule has 3 saturated heterocycles. The molecule has 3 N–H and O–H groups in total. The van der Waals surface area contributed by atoms with Crippen LogP contribution in [-0.2, 0) is 22.7 Å². The van der Waals surface area contributed by atoms with Gasteiger partial charge in [0.2, 0.25) is 11.8 Å². The lowest BCUT2D eigenvalue weighted by molar-refractivity contribution is -0.136. The van der Waals surface area contributed by atoms with Crippen LogP contribution in [0.25, 0.3) is 10.9 Å². The third-order valence-corrected chi connectivity index (χ3v) is 12.6. The van der Waals surface area contributed by atoms with Gasteiger partial charge in [-0.3, -0.25) is 39.1 Å². The van der Waals surface area contributed by atoms with Gasteiger partial charge in [-0.1, -0.05) is 11.6 Å². The predicted octanol–water partition coefficient (Wildman–Crippen LogP) is 4.86. The maximum Gasteiger partial charge on any atom is 0.262 e. The van der Waals surface area contributed by atoms with Crippen LogP contribution in [0.5, 0.6) is 0 Å². The van der Waals surface area contributed by atoms with Crippen LogP contribution < -0.4 is 20.4 Å². The van der Waals surface area contributed by atoms with Crippen LogP contribution in [0.2, 0.25) is 5.02 Å². The summed E-state index contributed by atoms with van der Waals surface area (Å²) in [6, 6.07) is 13.3. The Morgan fingerprint density at radius 3 is 2.23 bits per heavy atom. The van der Waals surface area contributed by atoms with E-state index in [1.807, 2.05) is 12.1 Å². The molecule has 5 aliphatic rings. The molecule has 6 heterocycles. The number of nitrogens with zero attached hydrogens (tertiary/aromatic N) is 5. The molecule has 9 rings (SSSR count). The van der Waals surface area contributed by atoms with Crippen molar-refractivity contribution < 1.29 is 28.4 Å². The minimum Gasteiger partial charge on any atom is -0.371 e. The Morgan fingerprint density at radius 2 is 1.58 bits per heavy atom. The molecule has 13 nitrogen and oxygen atoms in total. The van der Waals surface area contributed by atoms with E-state index in [0.29, 0.717) is 72.0 Å². The number of benzene rings is 3. The number of hydrogen-bond acceptors (Lipinski definition) is 9. The summed E-state index contributed by atoms with van der Waals surface area (Å²) in [6.45, 7) is 5.02. The largest absolute Gasteiger partial charge is 0.371 e. The van der Waals surface area contributed by atoms with Crippen LogP contribution >= 0.6 is 11.6 Å². The SMILES string of the molecule is N#Cc1c[nH]c2c(N3CCC(NC(=O)c4ccc(N5CCC(CN6Cc7cc8c(cc7C6)C(=O)N(C6CCC(=O)NC6=O)C8=O)CC5)cc4F)CC3)ccc(Cl)c12. The average Bonchev–Trinajstić information content (AvgIpc) is 3.89. The molecule has 0 aliphatic carbocycles. The molecule has 57 heavy (non-hydrogen) atoms. The van der Waals surface area contributed by atoms with E-state index in [-0.39, 0.29) is 24.4 Å². The van der Waals surface area contributed by atoms with Crippen LogP contribution in [0, 0.1) is 23.1 Å². The maximum atomic E-state index is 15.5. The molecule has 292 valence electrons. The van der Waals surface area contributed by atoms with Crippen molar-refractivity contribution in [3.8, 4) is 6.07 Å². The Morgan fingerprint density at radius 1 is 0.895 bits per heavy atom. The summed E-state index contributed by atoms with van der Waals surface area (Å²) in [7, 11) is 0. The molecule has 1 unspecified atom stereocenters. The van der Waals surface area contributed by atoms with Gasteiger partial charge in [0.25, 0.3) is 17.7 Å². The molecular weight excluding hydrogens is 751 g/mol. The topological polar surface area (TPSA) is 162 Å². The maximum absolute atomic E-state index is 15.5. The quantitative estimate of drug-likeness (QED) is 0.222. The highest BCUT2D eigenvalue weighted by molar-refractivity contribution is 6.36. The number of fused-ring (bicyclic) bond motifs is 3. The number of anilines is 2. The van der Waals surface area contributed by atoms with E-state index in [1.165, 1.54) is 6.07 Å². The van der Waals surface area contributed by atoms with Gasteiger partial charge in [0, 0.05) is 75.5 Å². The van der Waals surface area contributed by atoms with E-state index < -0.39 is 41.4 Å². The minimum absolute atomic E-state index is 0.0255. The van der Waals surface area contributed by atoms with Gasteiger partial charge in [-0.05, 0) is 91.6 Å². The second-order valence-corrected chi connectivity index (χ2v) is 16.2. The monoisotopic (exact) mass is 790 g/mol. The number of nitrogens with one attached hydrogen (secondary N) is 3. The molecule has 4 aromatic rings. The Kier molecular flexibility index (Phi) is 9.45. The normalized spacial score (nSPS) is 20.6. The smallest absolute Gasteiger partial charge is 0.262 e. The van der Waals surface area contributed by atoms with E-state index in [2.05, 4.69) is 36.4 Å². The zero-order valence-corrected chi connectivity index (χ0v) is 31.8. The first-order chi connectivity index (χ1) is 27.6. The third kappa shape index (κ3) is 6.68. The summed E-state index contributed by atoms with van der Waals surface area (Å²) in [5.41, 5.74) is 5.64. The molecule has 0 bridgehead atoms. The number of halogens is 2. The Bertz CT molecular complexity index is 2370. The number of carbonyl (C=O) groups is 5. The molecule has 0 saturated carbocycles. The Balaban J connectivity index is 0.755. The van der Waals surface area contributed by atoms with Crippen molar-refractivity contribution in [1.29, 1.82) is 5.26 Å². The number of piperidine rings is 3. The van der Waals surface area contributed by atoms with E-state index in [4.69, 9.17) is 11.6 Å². The molecule has 3 fully saturated rings. The number of amides is 5. The van der Waals surface area contributed by atoms with Gasteiger partial charge in [-0.25, -0.2) is 4.39 Å². The molecule has 5 aliphatic heterocycles. The zero-order chi connectivity index (χ0) is 39.5. The highest BCUT2D eigenvalue weighted by Gasteiger charge is 2.45. The first kappa shape index (κ1) is 36.8. The van der Waals surface area contributed by atoms with Crippen molar-refractivity contribution in [2.45, 2.75) is 63.7 Å². The molecule has 3 aromatic carbocycles. The average molecular weight is 791 g/mol. The number of carbonyl (C=O) groups excluding carboxylic acids is 5. The number of rotatable bonds is 7. The predicted molar refractivity (Wildman–Crippen MR) is 209 cm³/mol. The van der Waals surface area contributed by atoms with Crippen molar-refractivity contribution in [3.63, 3.8) is 0 Å². The van der Waals surface area contributed by atoms with E-state index in [0.717, 1.165) is 65.4 Å². The second-order valence-electron chi connectivity index (χ2n) is 15.7. The van der Waals surface area contributed by atoms with Gasteiger partial charge in [-0.15, -0.1) is 0 Å². The first-order valence-electron chi connectivity index (χ1n) is 19.5. The van der Waals surface area contributed by atoms with Gasteiger partial charge in [0.1, 0.15) is 17.9 Å². The van der Waals surface area contributed by atoms with Gasteiger partial charge >= 0.3 is 0 Å². The summed E-state index contributed by atoms with van der Waals surface area (Å²) in [5.74, 6) is -2.57. The van der Waals surface area contributed by atoms with Crippen LogP contribution in [0.15, 0.2) is 48.7 Å². The van der Waals surface area contributed by atoms with Gasteiger partial charge in [0.05, 0.1) is 38.5 Å². The number of imide groups is 2. The number of aromatic amines is 1. The molecule has 0 spiro atoms. The molecule has 1 aromatic heterocycles. The molecule has 0 radical (unpaired) electrons. The first-order valence-corrected chi connectivity index (χ1v) is 19.8. The summed E-state index contributed by atoms with van der Waals surface area (Å²) < 4.78 is 15.5. The standard InChI is InChI=1S/C42H40ClFN8O5/c43-32-3-4-34(38-37(32)26(18-45)19-46-38)51-13-9-27(10-14-51)47-39(54)29-2-1-28(17-33(29)44)50-11-7-23(8-12-50)20-49-21-24-15-30-31(16-25(24)22-49)42(57)52(41(30)56)35-5-6-36(53)48-40(35)55/h1-4,15-17,19,23,27,35,46H,5-14,20-22H2,(H,47,54)(H,48,53,55). The van der Waals surface area contributed by atoms with E-state index in [1.54, 1.807) is 30.5 Å². The Hall–Kier alpha value is -5.78. The zero-order valence-electron chi connectivity index (χ0n) is 31.1. The minimum atomic E-state index is -0.984. The number of nitriles is 1. The van der Waals surface area contributed by atoms with Crippen LogP contribution in [0.3, 0.4) is 0 Å². The lowest BCUT2D eigenvalue weighted by Gasteiger charge is -2.35. The summed E-state index contributed by atoms with van der Waals surface area (Å²) >= 11 is 6.39. The van der Waals surface area contributed by atoms with Crippen LogP contribution in [-0.4, -0.2) is 89.1 Å². The molecule has 5 amide bonds. The fourth-order valence-electron chi connectivity index (χ4n) is 9.26. The summed E-state index contributed by atoms with van der Waals surface area (Å²) in [4.78, 5) is 74.7. The van der Waals surface area contributed by atoms with E-state index >= 15 is 4.39 Å². The highest BCUT2D eigenvalue weighted by Crippen LogP contribution is 2.37. The summed E-state index contributed by atoms with van der Waals surface area (Å²) in [5, 5.41) is 16.0. The lowest BCUT2D eigenvalue weighted by Crippen LogP contribution is -2.54. The highest BCUT2D eigenvalue weighted by atomic mass is 35.5. The molecule has 15 heteroatoms. The third-order valence-electron chi connectivity index (χ3n) is 12.3. The summed E-state index contributed by atoms with van der Waals surface area (Å²) in [6.07, 6.45) is 5.06. The van der Waals surface area contributed by atoms with Crippen molar-refractivity contribution in [1.82, 2.24) is 25.4 Å². The molecule has 1 atom stereocenters. The van der Waals surface area contributed by atoms with Gasteiger partial charge in [0.15, 0.2) is 0 Å². The van der Waals surface area contributed by atoms with Gasteiger partial charge in [-0.2, -0.15) is 5.26 Å². The number of aromatic nitrogens is 1. The fourth-order valence-corrected chi connectivity index (χ4v) is 9.52.